The second-order valence-electron chi connectivity index (χ2n) is 5.94. The van der Waals surface area contributed by atoms with Gasteiger partial charge in [-0.3, -0.25) is 4.79 Å². The van der Waals surface area contributed by atoms with Gasteiger partial charge in [-0.05, 0) is 50.4 Å². The molecule has 2 heterocycles. The fraction of sp³-hybridized carbons (Fsp3) is 0.600. The number of pyridine rings is 1. The van der Waals surface area contributed by atoms with Crippen molar-refractivity contribution in [3.63, 3.8) is 0 Å². The Bertz CT molecular complexity index is 433. The zero-order valence-corrected chi connectivity index (χ0v) is 12.0. The lowest BCUT2D eigenvalue weighted by Gasteiger charge is -2.35. The van der Waals surface area contributed by atoms with Gasteiger partial charge >= 0.3 is 0 Å². The van der Waals surface area contributed by atoms with E-state index in [1.807, 2.05) is 32.9 Å². The van der Waals surface area contributed by atoms with Crippen LogP contribution in [0.2, 0.25) is 0 Å². The Morgan fingerprint density at radius 3 is 2.84 bits per heavy atom. The molecular weight excluding hydrogens is 238 g/mol. The number of hydrogen-bond acceptors (Lipinski definition) is 3. The number of amides is 1. The molecule has 4 nitrogen and oxygen atoms in total. The number of aryl methyl sites for hydroxylation is 1. The minimum absolute atomic E-state index is 0.0533. The van der Waals surface area contributed by atoms with Crippen molar-refractivity contribution >= 4 is 11.7 Å². The lowest BCUT2D eigenvalue weighted by Crippen LogP contribution is -2.44. The van der Waals surface area contributed by atoms with Crippen molar-refractivity contribution in [2.75, 3.05) is 18.4 Å². The Hall–Kier alpha value is -1.42. The van der Waals surface area contributed by atoms with Crippen molar-refractivity contribution in [2.45, 2.75) is 33.6 Å². The summed E-state index contributed by atoms with van der Waals surface area (Å²) < 4.78 is 0. The van der Waals surface area contributed by atoms with Gasteiger partial charge in [0.05, 0.1) is 0 Å². The van der Waals surface area contributed by atoms with E-state index in [4.69, 9.17) is 0 Å². The van der Waals surface area contributed by atoms with Gasteiger partial charge in [0.1, 0.15) is 5.82 Å². The van der Waals surface area contributed by atoms with Crippen LogP contribution in [0.4, 0.5) is 5.82 Å². The highest BCUT2D eigenvalue weighted by molar-refractivity contribution is 5.94. The third-order valence-electron chi connectivity index (χ3n) is 4.06. The number of carbonyl (C=O) groups excluding carboxylic acids is 1. The average molecular weight is 261 g/mol. The second kappa shape index (κ2) is 5.70. The number of carbonyl (C=O) groups is 1. The van der Waals surface area contributed by atoms with Crippen molar-refractivity contribution in [1.29, 1.82) is 0 Å². The summed E-state index contributed by atoms with van der Waals surface area (Å²) in [5, 5.41) is 6.30. The summed E-state index contributed by atoms with van der Waals surface area (Å²) in [4.78, 5) is 16.7. The van der Waals surface area contributed by atoms with E-state index >= 15 is 0 Å². The highest BCUT2D eigenvalue weighted by atomic mass is 16.2. The fourth-order valence-corrected chi connectivity index (χ4v) is 2.47. The molecule has 0 saturated carbocycles. The standard InChI is InChI=1S/C15H23N3O/c1-11-6-7-13(17-9-11)18-14(19)15(2,3)12-5-4-8-16-10-12/h6-7,9,12,16H,4-5,8,10H2,1-3H3,(H,17,18,19). The Balaban J connectivity index is 2.03. The van der Waals surface area contributed by atoms with Gasteiger partial charge in [0.2, 0.25) is 5.91 Å². The first-order valence-electron chi connectivity index (χ1n) is 6.95. The molecular formula is C15H23N3O. The van der Waals surface area contributed by atoms with Crippen LogP contribution in [0.3, 0.4) is 0 Å². The molecule has 4 heteroatoms. The highest BCUT2D eigenvalue weighted by Crippen LogP contribution is 2.32. The zero-order valence-electron chi connectivity index (χ0n) is 12.0. The minimum atomic E-state index is -0.375. The van der Waals surface area contributed by atoms with Crippen molar-refractivity contribution in [3.05, 3.63) is 23.9 Å². The van der Waals surface area contributed by atoms with Crippen LogP contribution in [-0.4, -0.2) is 24.0 Å². The number of aromatic nitrogens is 1. The van der Waals surface area contributed by atoms with Gasteiger partial charge in [-0.1, -0.05) is 19.9 Å². The lowest BCUT2D eigenvalue weighted by atomic mass is 9.74. The Labute approximate surface area is 115 Å². The monoisotopic (exact) mass is 261 g/mol. The van der Waals surface area contributed by atoms with Crippen LogP contribution in [-0.2, 0) is 4.79 Å². The summed E-state index contributed by atoms with van der Waals surface area (Å²) in [7, 11) is 0. The van der Waals surface area contributed by atoms with Crippen LogP contribution in [0.15, 0.2) is 18.3 Å². The molecule has 1 atom stereocenters. The van der Waals surface area contributed by atoms with Crippen LogP contribution in [0.1, 0.15) is 32.3 Å². The molecule has 1 fully saturated rings. The van der Waals surface area contributed by atoms with Gasteiger partial charge in [-0.15, -0.1) is 0 Å². The maximum atomic E-state index is 12.4. The zero-order chi connectivity index (χ0) is 13.9. The smallest absolute Gasteiger partial charge is 0.231 e. The topological polar surface area (TPSA) is 54.0 Å². The molecule has 1 aromatic rings. The first-order chi connectivity index (χ1) is 9.00. The van der Waals surface area contributed by atoms with Crippen LogP contribution < -0.4 is 10.6 Å². The summed E-state index contributed by atoms with van der Waals surface area (Å²) in [5.74, 6) is 1.07. The van der Waals surface area contributed by atoms with Gasteiger partial charge in [-0.25, -0.2) is 4.98 Å². The third-order valence-corrected chi connectivity index (χ3v) is 4.06. The molecule has 1 amide bonds. The van der Waals surface area contributed by atoms with Gasteiger partial charge in [-0.2, -0.15) is 0 Å². The molecule has 0 bridgehead atoms. The minimum Gasteiger partial charge on any atom is -0.316 e. The van der Waals surface area contributed by atoms with Gasteiger partial charge < -0.3 is 10.6 Å². The third kappa shape index (κ3) is 3.32. The van der Waals surface area contributed by atoms with Gasteiger partial charge in [0, 0.05) is 11.6 Å². The number of anilines is 1. The number of rotatable bonds is 3. The molecule has 0 aromatic carbocycles. The molecule has 104 valence electrons. The molecule has 1 aliphatic heterocycles. The lowest BCUT2D eigenvalue weighted by molar-refractivity contribution is -0.127. The Morgan fingerprint density at radius 1 is 1.47 bits per heavy atom. The first-order valence-corrected chi connectivity index (χ1v) is 6.95. The van der Waals surface area contributed by atoms with E-state index in [1.165, 1.54) is 0 Å². The van der Waals surface area contributed by atoms with E-state index in [1.54, 1.807) is 6.20 Å². The molecule has 1 aromatic heterocycles. The van der Waals surface area contributed by atoms with Crippen molar-refractivity contribution in [3.8, 4) is 0 Å². The van der Waals surface area contributed by atoms with Crippen molar-refractivity contribution in [2.24, 2.45) is 11.3 Å². The van der Waals surface area contributed by atoms with Gasteiger partial charge in [0.15, 0.2) is 0 Å². The Kier molecular flexibility index (Phi) is 4.20. The summed E-state index contributed by atoms with van der Waals surface area (Å²) in [6, 6.07) is 3.81. The number of piperidine rings is 1. The van der Waals surface area contributed by atoms with Crippen LogP contribution in [0.5, 0.6) is 0 Å². The summed E-state index contributed by atoms with van der Waals surface area (Å²) in [6.07, 6.45) is 4.02. The molecule has 0 aliphatic carbocycles. The van der Waals surface area contributed by atoms with Crippen LogP contribution >= 0.6 is 0 Å². The predicted octanol–water partition coefficient (Wildman–Crippen LogP) is 2.35. The van der Waals surface area contributed by atoms with E-state index in [0.29, 0.717) is 11.7 Å². The molecule has 19 heavy (non-hydrogen) atoms. The quantitative estimate of drug-likeness (QED) is 0.878. The summed E-state index contributed by atoms with van der Waals surface area (Å²) in [6.45, 7) is 8.01. The Morgan fingerprint density at radius 2 is 2.26 bits per heavy atom. The molecule has 1 saturated heterocycles. The highest BCUT2D eigenvalue weighted by Gasteiger charge is 2.37. The molecule has 2 N–H and O–H groups in total. The number of nitrogens with one attached hydrogen (secondary N) is 2. The van der Waals surface area contributed by atoms with Crippen LogP contribution in [0.25, 0.3) is 0 Å². The summed E-state index contributed by atoms with van der Waals surface area (Å²) >= 11 is 0. The number of hydrogen-bond donors (Lipinski definition) is 2. The molecule has 2 rings (SSSR count). The molecule has 1 aliphatic rings. The number of nitrogens with zero attached hydrogens (tertiary/aromatic N) is 1. The SMILES string of the molecule is Cc1ccc(NC(=O)C(C)(C)C2CCCNC2)nc1. The van der Waals surface area contributed by atoms with E-state index in [9.17, 15) is 4.79 Å². The fourth-order valence-electron chi connectivity index (χ4n) is 2.47. The second-order valence-corrected chi connectivity index (χ2v) is 5.94. The molecule has 0 spiro atoms. The maximum absolute atomic E-state index is 12.4. The van der Waals surface area contributed by atoms with E-state index in [-0.39, 0.29) is 11.3 Å². The predicted molar refractivity (Wildman–Crippen MR) is 77.0 cm³/mol. The maximum Gasteiger partial charge on any atom is 0.231 e. The molecule has 0 radical (unpaired) electrons. The van der Waals surface area contributed by atoms with Crippen molar-refractivity contribution < 1.29 is 4.79 Å². The largest absolute Gasteiger partial charge is 0.316 e. The normalized spacial score (nSPS) is 20.1. The van der Waals surface area contributed by atoms with Crippen molar-refractivity contribution in [1.82, 2.24) is 10.3 Å². The van der Waals surface area contributed by atoms with E-state index < -0.39 is 0 Å². The van der Waals surface area contributed by atoms with Crippen LogP contribution in [0, 0.1) is 18.3 Å². The van der Waals surface area contributed by atoms with E-state index in [0.717, 1.165) is 31.5 Å². The summed E-state index contributed by atoms with van der Waals surface area (Å²) in [5.41, 5.74) is 0.716. The average Bonchev–Trinajstić information content (AvgIpc) is 2.42. The first kappa shape index (κ1) is 14.0. The van der Waals surface area contributed by atoms with E-state index in [2.05, 4.69) is 15.6 Å². The molecule has 1 unspecified atom stereocenters. The van der Waals surface area contributed by atoms with Gasteiger partial charge in [0.25, 0.3) is 0 Å².